The summed E-state index contributed by atoms with van der Waals surface area (Å²) < 4.78 is 36.2. The Labute approximate surface area is 64.0 Å². The minimum Gasteiger partial charge on any atom is -0.311 e. The van der Waals surface area contributed by atoms with Crippen LogP contribution in [-0.4, -0.2) is 18.3 Å². The highest BCUT2D eigenvalue weighted by atomic mass is 19.4. The molecule has 0 aromatic heterocycles. The van der Waals surface area contributed by atoms with Crippen LogP contribution in [0.25, 0.3) is 0 Å². The predicted octanol–water partition coefficient (Wildman–Crippen LogP) is 1.94. The summed E-state index contributed by atoms with van der Waals surface area (Å²) in [6.07, 6.45) is -3.84. The molecule has 1 saturated heterocycles. The van der Waals surface area contributed by atoms with Crippen molar-refractivity contribution in [2.75, 3.05) is 6.54 Å². The first kappa shape index (κ1) is 8.84. The van der Waals surface area contributed by atoms with Crippen molar-refractivity contribution in [3.05, 3.63) is 0 Å². The number of alkyl halides is 3. The van der Waals surface area contributed by atoms with Crippen molar-refractivity contribution in [2.45, 2.75) is 32.0 Å². The molecule has 4 heteroatoms. The molecule has 0 amide bonds. The molecule has 1 nitrogen and oxygen atoms in total. The molecule has 1 atom stereocenters. The van der Waals surface area contributed by atoms with Crippen molar-refractivity contribution in [2.24, 2.45) is 5.92 Å². The molecule has 0 saturated carbocycles. The second-order valence-electron chi connectivity index (χ2n) is 3.71. The van der Waals surface area contributed by atoms with Crippen LogP contribution >= 0.6 is 0 Å². The van der Waals surface area contributed by atoms with Gasteiger partial charge in [-0.1, -0.05) is 0 Å². The van der Waals surface area contributed by atoms with E-state index in [1.165, 1.54) is 0 Å². The summed E-state index contributed by atoms with van der Waals surface area (Å²) in [5.41, 5.74) is -0.347. The molecule has 1 aliphatic heterocycles. The van der Waals surface area contributed by atoms with Gasteiger partial charge < -0.3 is 5.32 Å². The van der Waals surface area contributed by atoms with Crippen LogP contribution < -0.4 is 5.32 Å². The lowest BCUT2D eigenvalue weighted by atomic mass is 9.97. The summed E-state index contributed by atoms with van der Waals surface area (Å²) in [7, 11) is 0. The Morgan fingerprint density at radius 3 is 2.09 bits per heavy atom. The van der Waals surface area contributed by atoms with E-state index in [1.807, 2.05) is 0 Å². The summed E-state index contributed by atoms with van der Waals surface area (Å²) >= 11 is 0. The number of nitrogens with one attached hydrogen (secondary N) is 1. The first-order chi connectivity index (χ1) is 4.81. The van der Waals surface area contributed by atoms with Crippen LogP contribution in [0.15, 0.2) is 0 Å². The zero-order chi connectivity index (χ0) is 8.70. The maximum absolute atomic E-state index is 12.1. The van der Waals surface area contributed by atoms with E-state index in [0.29, 0.717) is 0 Å². The van der Waals surface area contributed by atoms with E-state index in [1.54, 1.807) is 13.8 Å². The molecule has 1 fully saturated rings. The second-order valence-corrected chi connectivity index (χ2v) is 3.71. The maximum Gasteiger partial charge on any atom is 0.393 e. The number of rotatable bonds is 0. The van der Waals surface area contributed by atoms with Gasteiger partial charge in [0.05, 0.1) is 5.92 Å². The van der Waals surface area contributed by atoms with Crippen LogP contribution in [0.3, 0.4) is 0 Å². The first-order valence-corrected chi connectivity index (χ1v) is 3.63. The Balaban J connectivity index is 2.55. The molecule has 1 rings (SSSR count). The Bertz CT molecular complexity index is 150. The Kier molecular flexibility index (Phi) is 1.90. The minimum atomic E-state index is -4.03. The summed E-state index contributed by atoms with van der Waals surface area (Å²) in [5.74, 6) is -1.16. The summed E-state index contributed by atoms with van der Waals surface area (Å²) in [6, 6.07) is 0. The van der Waals surface area contributed by atoms with E-state index in [0.717, 1.165) is 0 Å². The van der Waals surface area contributed by atoms with E-state index >= 15 is 0 Å². The van der Waals surface area contributed by atoms with Crippen LogP contribution in [0.1, 0.15) is 20.3 Å². The van der Waals surface area contributed by atoms with Crippen molar-refractivity contribution in [3.63, 3.8) is 0 Å². The molecule has 0 aromatic carbocycles. The van der Waals surface area contributed by atoms with Crippen molar-refractivity contribution in [1.82, 2.24) is 5.32 Å². The minimum absolute atomic E-state index is 0.0660. The van der Waals surface area contributed by atoms with Gasteiger partial charge in [0, 0.05) is 12.1 Å². The normalized spacial score (nSPS) is 30.8. The fourth-order valence-electron chi connectivity index (χ4n) is 1.39. The van der Waals surface area contributed by atoms with Gasteiger partial charge in [-0.15, -0.1) is 0 Å². The predicted molar refractivity (Wildman–Crippen MR) is 36.2 cm³/mol. The van der Waals surface area contributed by atoms with Gasteiger partial charge in [-0.25, -0.2) is 0 Å². The average molecular weight is 167 g/mol. The largest absolute Gasteiger partial charge is 0.393 e. The second kappa shape index (κ2) is 2.37. The monoisotopic (exact) mass is 167 g/mol. The first-order valence-electron chi connectivity index (χ1n) is 3.63. The van der Waals surface area contributed by atoms with E-state index in [4.69, 9.17) is 0 Å². The van der Waals surface area contributed by atoms with Crippen molar-refractivity contribution < 1.29 is 13.2 Å². The van der Waals surface area contributed by atoms with Crippen LogP contribution in [0, 0.1) is 5.92 Å². The van der Waals surface area contributed by atoms with Gasteiger partial charge in [0.25, 0.3) is 0 Å². The molecular formula is C7H12F3N. The van der Waals surface area contributed by atoms with Gasteiger partial charge >= 0.3 is 6.18 Å². The highest BCUT2D eigenvalue weighted by Crippen LogP contribution is 2.35. The van der Waals surface area contributed by atoms with Gasteiger partial charge in [-0.2, -0.15) is 13.2 Å². The van der Waals surface area contributed by atoms with Crippen molar-refractivity contribution >= 4 is 0 Å². The van der Waals surface area contributed by atoms with Crippen LogP contribution in [0.2, 0.25) is 0 Å². The molecule has 0 aliphatic carbocycles. The summed E-state index contributed by atoms with van der Waals surface area (Å²) in [6.45, 7) is 3.65. The highest BCUT2D eigenvalue weighted by molar-refractivity contribution is 4.91. The molecule has 1 aliphatic rings. The molecule has 11 heavy (non-hydrogen) atoms. The molecule has 0 unspecified atom stereocenters. The van der Waals surface area contributed by atoms with E-state index < -0.39 is 12.1 Å². The Morgan fingerprint density at radius 1 is 1.36 bits per heavy atom. The van der Waals surface area contributed by atoms with Gasteiger partial charge in [-0.3, -0.25) is 0 Å². The van der Waals surface area contributed by atoms with Gasteiger partial charge in [-0.05, 0) is 20.3 Å². The van der Waals surface area contributed by atoms with Gasteiger partial charge in [0.2, 0.25) is 0 Å². The van der Waals surface area contributed by atoms with Crippen molar-refractivity contribution in [3.8, 4) is 0 Å². The molecule has 0 spiro atoms. The van der Waals surface area contributed by atoms with Crippen LogP contribution in [0.4, 0.5) is 13.2 Å². The van der Waals surface area contributed by atoms with E-state index in [9.17, 15) is 13.2 Å². The maximum atomic E-state index is 12.1. The van der Waals surface area contributed by atoms with Gasteiger partial charge in [0.15, 0.2) is 0 Å². The number of halogens is 3. The third-order valence-corrected chi connectivity index (χ3v) is 2.05. The highest BCUT2D eigenvalue weighted by Gasteiger charge is 2.46. The van der Waals surface area contributed by atoms with E-state index in [2.05, 4.69) is 5.32 Å². The van der Waals surface area contributed by atoms with Crippen molar-refractivity contribution in [1.29, 1.82) is 0 Å². The molecule has 0 aromatic rings. The number of hydrogen-bond donors (Lipinski definition) is 1. The Hall–Kier alpha value is -0.250. The molecule has 66 valence electrons. The molecule has 1 N–H and O–H groups in total. The third kappa shape index (κ3) is 2.09. The standard InChI is InChI=1S/C7H12F3N/c1-6(2)3-5(4-11-6)7(8,9)10/h5,11H,3-4H2,1-2H3/t5-/m0/s1. The molecule has 0 bridgehead atoms. The SMILES string of the molecule is CC1(C)C[C@H](C(F)(F)F)CN1. The smallest absolute Gasteiger partial charge is 0.311 e. The zero-order valence-corrected chi connectivity index (χ0v) is 6.63. The summed E-state index contributed by atoms with van der Waals surface area (Å²) in [4.78, 5) is 0. The van der Waals surface area contributed by atoms with Crippen LogP contribution in [-0.2, 0) is 0 Å². The summed E-state index contributed by atoms with van der Waals surface area (Å²) in [5, 5.41) is 2.83. The lowest BCUT2D eigenvalue weighted by Crippen LogP contribution is -2.31. The quantitative estimate of drug-likeness (QED) is 0.581. The number of hydrogen-bond acceptors (Lipinski definition) is 1. The lowest BCUT2D eigenvalue weighted by molar-refractivity contribution is -0.169. The van der Waals surface area contributed by atoms with Crippen LogP contribution in [0.5, 0.6) is 0 Å². The lowest BCUT2D eigenvalue weighted by Gasteiger charge is -2.18. The molecule has 0 radical (unpaired) electrons. The zero-order valence-electron chi connectivity index (χ0n) is 6.63. The van der Waals surface area contributed by atoms with E-state index in [-0.39, 0.29) is 18.5 Å². The third-order valence-electron chi connectivity index (χ3n) is 2.05. The molecular weight excluding hydrogens is 155 g/mol. The Morgan fingerprint density at radius 2 is 1.91 bits per heavy atom. The van der Waals surface area contributed by atoms with Gasteiger partial charge in [0.1, 0.15) is 0 Å². The average Bonchev–Trinajstić information content (AvgIpc) is 2.07. The fraction of sp³-hybridized carbons (Fsp3) is 1.00. The fourth-order valence-corrected chi connectivity index (χ4v) is 1.39. The molecule has 1 heterocycles. The topological polar surface area (TPSA) is 12.0 Å².